The van der Waals surface area contributed by atoms with Crippen LogP contribution in [0.3, 0.4) is 0 Å². The minimum absolute atomic E-state index is 0.360. The fraction of sp³-hybridized carbons (Fsp3) is 0.500. The summed E-state index contributed by atoms with van der Waals surface area (Å²) in [5, 5.41) is 1.53. The Morgan fingerprint density at radius 2 is 2.21 bits per heavy atom. The van der Waals surface area contributed by atoms with Gasteiger partial charge in [-0.1, -0.05) is 0 Å². The van der Waals surface area contributed by atoms with Crippen LogP contribution in [0, 0.1) is 0 Å². The number of thiophene rings is 1. The third-order valence-corrected chi connectivity index (χ3v) is 5.46. The van der Waals surface area contributed by atoms with E-state index < -0.39 is 10.0 Å². The number of hydrogen-bond donors (Lipinski definition) is 1. The average molecular weight is 298 g/mol. The van der Waals surface area contributed by atoms with Gasteiger partial charge in [-0.25, -0.2) is 13.1 Å². The zero-order valence-corrected chi connectivity index (χ0v) is 11.2. The summed E-state index contributed by atoms with van der Waals surface area (Å²) in [6, 6.07) is 1.91. The van der Waals surface area contributed by atoms with Crippen LogP contribution in [0.4, 0.5) is 0 Å². The molecule has 0 atom stereocenters. The first-order chi connectivity index (χ1) is 6.43. The average Bonchev–Trinajstić information content (AvgIpc) is 2.47. The minimum Gasteiger partial charge on any atom is -0.212 e. The first-order valence-electron chi connectivity index (χ1n) is 4.14. The molecule has 0 unspecified atom stereocenters. The van der Waals surface area contributed by atoms with Crippen molar-refractivity contribution in [2.75, 3.05) is 0 Å². The highest BCUT2D eigenvalue weighted by Crippen LogP contribution is 2.22. The quantitative estimate of drug-likeness (QED) is 0.927. The van der Waals surface area contributed by atoms with Crippen molar-refractivity contribution in [3.05, 3.63) is 20.8 Å². The zero-order chi connectivity index (χ0) is 10.8. The number of sulfonamides is 1. The summed E-state index contributed by atoms with van der Waals surface area (Å²) < 4.78 is 26.3. The fourth-order valence-electron chi connectivity index (χ4n) is 0.784. The molecule has 0 spiro atoms. The van der Waals surface area contributed by atoms with E-state index in [0.29, 0.717) is 6.54 Å². The fourth-order valence-corrected chi connectivity index (χ4v) is 2.99. The van der Waals surface area contributed by atoms with E-state index in [1.807, 2.05) is 11.4 Å². The van der Waals surface area contributed by atoms with E-state index in [1.54, 1.807) is 13.8 Å². The molecule has 1 rings (SSSR count). The molecule has 1 aromatic rings. The number of halogens is 1. The molecule has 0 saturated heterocycles. The molecule has 14 heavy (non-hydrogen) atoms. The number of nitrogens with one attached hydrogen (secondary N) is 1. The van der Waals surface area contributed by atoms with Crippen LogP contribution in [-0.2, 0) is 16.6 Å². The van der Waals surface area contributed by atoms with Gasteiger partial charge in [-0.2, -0.15) is 0 Å². The van der Waals surface area contributed by atoms with Gasteiger partial charge in [-0.05, 0) is 41.2 Å². The predicted octanol–water partition coefficient (Wildman–Crippen LogP) is 2.34. The van der Waals surface area contributed by atoms with Crippen molar-refractivity contribution in [3.63, 3.8) is 0 Å². The van der Waals surface area contributed by atoms with Crippen LogP contribution in [0.15, 0.2) is 15.9 Å². The highest BCUT2D eigenvalue weighted by molar-refractivity contribution is 9.10. The molecule has 1 heterocycles. The Balaban J connectivity index is 2.62. The van der Waals surface area contributed by atoms with E-state index in [0.717, 1.165) is 9.35 Å². The second-order valence-electron chi connectivity index (χ2n) is 3.11. The van der Waals surface area contributed by atoms with Crippen molar-refractivity contribution >= 4 is 37.3 Å². The second kappa shape index (κ2) is 4.74. The van der Waals surface area contributed by atoms with Crippen LogP contribution >= 0.6 is 27.3 Å². The number of rotatable bonds is 4. The van der Waals surface area contributed by atoms with Crippen LogP contribution in [0.1, 0.15) is 18.7 Å². The van der Waals surface area contributed by atoms with Crippen molar-refractivity contribution in [2.45, 2.75) is 25.6 Å². The lowest BCUT2D eigenvalue weighted by Crippen LogP contribution is -2.30. The van der Waals surface area contributed by atoms with Gasteiger partial charge in [0.2, 0.25) is 10.0 Å². The molecule has 0 amide bonds. The van der Waals surface area contributed by atoms with E-state index in [1.165, 1.54) is 11.3 Å². The molecular formula is C8H12BrNO2S2. The van der Waals surface area contributed by atoms with Crippen LogP contribution in [-0.4, -0.2) is 13.7 Å². The maximum absolute atomic E-state index is 11.4. The van der Waals surface area contributed by atoms with Gasteiger partial charge in [0.15, 0.2) is 0 Å². The third kappa shape index (κ3) is 3.05. The molecule has 0 aliphatic rings. The molecule has 0 saturated carbocycles. The first kappa shape index (κ1) is 12.2. The molecule has 0 aliphatic heterocycles. The minimum atomic E-state index is -3.16. The van der Waals surface area contributed by atoms with Gasteiger partial charge < -0.3 is 0 Å². The summed E-state index contributed by atoms with van der Waals surface area (Å²) in [4.78, 5) is 0.995. The van der Waals surface area contributed by atoms with Crippen molar-refractivity contribution < 1.29 is 8.42 Å². The Hall–Kier alpha value is 0.0900. The van der Waals surface area contributed by atoms with E-state index in [2.05, 4.69) is 20.7 Å². The summed E-state index contributed by atoms with van der Waals surface area (Å²) in [5.74, 6) is 0. The lowest BCUT2D eigenvalue weighted by Gasteiger charge is -2.08. The van der Waals surface area contributed by atoms with Gasteiger partial charge in [0.05, 0.1) is 5.25 Å². The van der Waals surface area contributed by atoms with Crippen molar-refractivity contribution in [1.82, 2.24) is 4.72 Å². The topological polar surface area (TPSA) is 46.2 Å². The van der Waals surface area contributed by atoms with Crippen LogP contribution in [0.25, 0.3) is 0 Å². The number of hydrogen-bond acceptors (Lipinski definition) is 3. The summed E-state index contributed by atoms with van der Waals surface area (Å²) in [6.07, 6.45) is 0. The van der Waals surface area contributed by atoms with E-state index in [-0.39, 0.29) is 5.25 Å². The Bertz CT molecular complexity index is 397. The Kier molecular flexibility index (Phi) is 4.12. The second-order valence-corrected chi connectivity index (χ2v) is 7.28. The SMILES string of the molecule is CC(C)S(=O)(=O)NCc1sccc1Br. The maximum atomic E-state index is 11.4. The Morgan fingerprint density at radius 1 is 1.57 bits per heavy atom. The molecule has 0 aliphatic carbocycles. The van der Waals surface area contributed by atoms with E-state index >= 15 is 0 Å². The summed E-state index contributed by atoms with van der Waals surface area (Å²) in [5.41, 5.74) is 0. The molecule has 1 N–H and O–H groups in total. The molecule has 6 heteroatoms. The monoisotopic (exact) mass is 297 g/mol. The van der Waals surface area contributed by atoms with Gasteiger partial charge >= 0.3 is 0 Å². The standard InChI is InChI=1S/C8H12BrNO2S2/c1-6(2)14(11,12)10-5-8-7(9)3-4-13-8/h3-4,6,10H,5H2,1-2H3. The van der Waals surface area contributed by atoms with Gasteiger partial charge in [-0.3, -0.25) is 0 Å². The van der Waals surface area contributed by atoms with Gasteiger partial charge in [-0.15, -0.1) is 11.3 Å². The molecular weight excluding hydrogens is 286 g/mol. The van der Waals surface area contributed by atoms with Crippen LogP contribution in [0.5, 0.6) is 0 Å². The van der Waals surface area contributed by atoms with Crippen LogP contribution in [0.2, 0.25) is 0 Å². The molecule has 0 aromatic carbocycles. The summed E-state index contributed by atoms with van der Waals surface area (Å²) in [7, 11) is -3.16. The van der Waals surface area contributed by atoms with Gasteiger partial charge in [0, 0.05) is 15.9 Å². The smallest absolute Gasteiger partial charge is 0.212 e. The molecule has 80 valence electrons. The molecule has 0 bridgehead atoms. The molecule has 3 nitrogen and oxygen atoms in total. The predicted molar refractivity (Wildman–Crippen MR) is 62.9 cm³/mol. The highest BCUT2D eigenvalue weighted by Gasteiger charge is 2.15. The zero-order valence-electron chi connectivity index (χ0n) is 7.95. The molecule has 0 fully saturated rings. The van der Waals surface area contributed by atoms with Gasteiger partial charge in [0.1, 0.15) is 0 Å². The summed E-state index contributed by atoms with van der Waals surface area (Å²) in [6.45, 7) is 3.68. The molecule has 1 aromatic heterocycles. The largest absolute Gasteiger partial charge is 0.214 e. The summed E-state index contributed by atoms with van der Waals surface area (Å²) >= 11 is 4.87. The van der Waals surface area contributed by atoms with Crippen molar-refractivity contribution in [1.29, 1.82) is 0 Å². The van der Waals surface area contributed by atoms with Crippen molar-refractivity contribution in [2.24, 2.45) is 0 Å². The lowest BCUT2D eigenvalue weighted by atomic mass is 10.5. The van der Waals surface area contributed by atoms with Crippen molar-refractivity contribution in [3.8, 4) is 0 Å². The van der Waals surface area contributed by atoms with E-state index in [9.17, 15) is 8.42 Å². The highest BCUT2D eigenvalue weighted by atomic mass is 79.9. The maximum Gasteiger partial charge on any atom is 0.214 e. The first-order valence-corrected chi connectivity index (χ1v) is 7.35. The van der Waals surface area contributed by atoms with Gasteiger partial charge in [0.25, 0.3) is 0 Å². The molecule has 0 radical (unpaired) electrons. The lowest BCUT2D eigenvalue weighted by molar-refractivity contribution is 0.572. The van der Waals surface area contributed by atoms with Crippen LogP contribution < -0.4 is 4.72 Å². The Morgan fingerprint density at radius 3 is 2.64 bits per heavy atom. The Labute approximate surface area is 96.7 Å². The third-order valence-electron chi connectivity index (χ3n) is 1.75. The normalized spacial score (nSPS) is 12.3. The van der Waals surface area contributed by atoms with E-state index in [4.69, 9.17) is 0 Å².